The van der Waals surface area contributed by atoms with Crippen molar-refractivity contribution in [2.75, 3.05) is 5.32 Å². The van der Waals surface area contributed by atoms with Crippen molar-refractivity contribution in [3.05, 3.63) is 29.8 Å². The van der Waals surface area contributed by atoms with E-state index in [0.717, 1.165) is 6.07 Å². The van der Waals surface area contributed by atoms with Gasteiger partial charge in [0.05, 0.1) is 0 Å². The van der Waals surface area contributed by atoms with Crippen molar-refractivity contribution in [1.29, 1.82) is 0 Å². The Morgan fingerprint density at radius 1 is 1.22 bits per heavy atom. The van der Waals surface area contributed by atoms with Crippen LogP contribution >= 0.6 is 0 Å². The van der Waals surface area contributed by atoms with E-state index in [4.69, 9.17) is 12.6 Å². The molecule has 0 saturated heterocycles. The number of carbonyl (C=O) groups is 1. The molecule has 0 bridgehead atoms. The summed E-state index contributed by atoms with van der Waals surface area (Å²) in [6, 6.07) is 6.75. The molecule has 0 spiro atoms. The molecule has 2 aromatic rings. The van der Waals surface area contributed by atoms with Crippen LogP contribution in [0.25, 0.3) is 10.8 Å². The molecule has 0 heterocycles. The van der Waals surface area contributed by atoms with Gasteiger partial charge < -0.3 is 15.0 Å². The molecule has 0 aliphatic carbocycles. The second-order valence-electron chi connectivity index (χ2n) is 4.52. The average molecular weight is 435 g/mol. The maximum atomic E-state index is 11.2. The number of amides is 1. The molecule has 2 rings (SSSR count). The van der Waals surface area contributed by atoms with Gasteiger partial charge in [0.2, 0.25) is 5.91 Å². The van der Waals surface area contributed by atoms with Crippen LogP contribution in [-0.2, 0) is 25.5 Å². The Bertz CT molecular complexity index is 1010. The molecule has 138 valence electrons. The van der Waals surface area contributed by atoms with Gasteiger partial charge >= 0.3 is 69.7 Å². The van der Waals surface area contributed by atoms with Crippen LogP contribution in [0.5, 0.6) is 5.75 Å². The van der Waals surface area contributed by atoms with Gasteiger partial charge in [-0.15, -0.1) is 18.0 Å². The van der Waals surface area contributed by atoms with E-state index in [1.807, 2.05) is 0 Å². The van der Waals surface area contributed by atoms with Crippen molar-refractivity contribution in [2.45, 2.75) is 26.2 Å². The van der Waals surface area contributed by atoms with Gasteiger partial charge in [-0.25, -0.2) is 8.42 Å². The maximum absolute atomic E-state index is 11.2. The van der Waals surface area contributed by atoms with Crippen LogP contribution in [0.3, 0.4) is 0 Å². The zero-order chi connectivity index (χ0) is 18.7. The summed E-state index contributed by atoms with van der Waals surface area (Å²) in [6.07, 6.45) is 0. The van der Waals surface area contributed by atoms with Crippen LogP contribution < -0.4 is 64.4 Å². The minimum absolute atomic E-state index is 0. The molecule has 0 aromatic heterocycles. The monoisotopic (exact) mass is 435 g/mol. The Kier molecular flexibility index (Phi) is 14.9. The molecule has 0 radical (unpaired) electrons. The van der Waals surface area contributed by atoms with Gasteiger partial charge in [-0.1, -0.05) is 24.6 Å². The number of aromatic hydroxyl groups is 1. The molecule has 2 aromatic carbocycles. The van der Waals surface area contributed by atoms with Crippen molar-refractivity contribution in [3.8, 4) is 5.75 Å². The second-order valence-corrected chi connectivity index (χ2v) is 6.28. The summed E-state index contributed by atoms with van der Waals surface area (Å²) >= 11 is 0. The van der Waals surface area contributed by atoms with Crippen molar-refractivity contribution in [1.82, 2.24) is 0 Å². The van der Waals surface area contributed by atoms with E-state index in [2.05, 4.69) is 11.4 Å². The van der Waals surface area contributed by atoms with E-state index >= 15 is 0 Å². The molecule has 27 heavy (non-hydrogen) atoms. The number of hydrogen-bond donors (Lipinski definition) is 2. The van der Waals surface area contributed by atoms with Gasteiger partial charge in [0.25, 0.3) is 0 Å². The van der Waals surface area contributed by atoms with Gasteiger partial charge in [-0.2, -0.15) is 18.2 Å². The smallest absolute Gasteiger partial charge is 0.744 e. The summed E-state index contributed by atoms with van der Waals surface area (Å²) in [6.45, 7) is 2.63. The maximum Gasteiger partial charge on any atom is 1.00 e. The SMILES string of the molecule is C.CC(=O)Nc1c[c-]cc2cc(S(=O)(=O)[O-])c(C)c(O)c12.O=S(=O)=O.[Na+].[Na+]. The molecule has 0 aliphatic rings. The van der Waals surface area contributed by atoms with Crippen molar-refractivity contribution < 1.29 is 94.6 Å². The van der Waals surface area contributed by atoms with Crippen molar-refractivity contribution >= 4 is 43.1 Å². The first-order chi connectivity index (χ1) is 10.9. The summed E-state index contributed by atoms with van der Waals surface area (Å²) in [5.74, 6) is -0.696. The number of nitrogens with one attached hydrogen (secondary N) is 1. The first-order valence-corrected chi connectivity index (χ1v) is 8.52. The van der Waals surface area contributed by atoms with E-state index < -0.39 is 25.6 Å². The molecule has 0 atom stereocenters. The first kappa shape index (κ1) is 31.2. The van der Waals surface area contributed by atoms with Crippen LogP contribution in [0.4, 0.5) is 5.69 Å². The third kappa shape index (κ3) is 9.03. The third-order valence-corrected chi connectivity index (χ3v) is 3.82. The minimum atomic E-state index is -4.69. The molecule has 0 aliphatic heterocycles. The second kappa shape index (κ2) is 12.9. The molecule has 13 heteroatoms. The molecule has 0 saturated carbocycles. The van der Waals surface area contributed by atoms with Gasteiger partial charge in [0, 0.05) is 17.4 Å². The van der Waals surface area contributed by atoms with Crippen LogP contribution in [0.15, 0.2) is 23.1 Å². The van der Waals surface area contributed by atoms with Crippen LogP contribution in [0.1, 0.15) is 19.9 Å². The van der Waals surface area contributed by atoms with Crippen LogP contribution in [-0.4, -0.2) is 36.6 Å². The number of benzene rings is 2. The summed E-state index contributed by atoms with van der Waals surface area (Å²) in [7, 11) is -7.81. The van der Waals surface area contributed by atoms with Gasteiger partial charge in [0.15, 0.2) is 0 Å². The largest absolute Gasteiger partial charge is 1.00 e. The fraction of sp³-hybridized carbons (Fsp3) is 0.214. The van der Waals surface area contributed by atoms with E-state index in [9.17, 15) is 22.9 Å². The number of carbonyl (C=O) groups excluding carboxylic acids is 1. The third-order valence-electron chi connectivity index (χ3n) is 2.85. The van der Waals surface area contributed by atoms with Gasteiger partial charge in [0.1, 0.15) is 15.9 Å². The van der Waals surface area contributed by atoms with E-state index in [1.54, 1.807) is 0 Å². The molecule has 9 nitrogen and oxygen atoms in total. The minimum Gasteiger partial charge on any atom is -0.744 e. The summed E-state index contributed by atoms with van der Waals surface area (Å²) in [5.41, 5.74) is 0.246. The van der Waals surface area contributed by atoms with Gasteiger partial charge in [-0.05, 0) is 6.92 Å². The Labute approximate surface area is 202 Å². The summed E-state index contributed by atoms with van der Waals surface area (Å²) < 4.78 is 58.8. The zero-order valence-corrected chi connectivity index (χ0v) is 20.0. The normalized spacial score (nSPS) is 9.44. The standard InChI is InChI=1S/C13H12NO5S.CH4.2Na.O3S/c1-7-11(20(17,18)19)6-9-4-3-5-10(14-8(2)15)12(9)13(7)16;;;;1-4(2)3/h4-6,16H,1-2H3,(H,14,15)(H,17,18,19);1H4;;;/q-1;;2*+1;/p-1. The van der Waals surface area contributed by atoms with E-state index in [-0.39, 0.29) is 89.1 Å². The number of anilines is 1. The predicted molar refractivity (Wildman–Crippen MR) is 87.9 cm³/mol. The van der Waals surface area contributed by atoms with E-state index in [1.165, 1.54) is 26.0 Å². The fourth-order valence-electron chi connectivity index (χ4n) is 1.99. The summed E-state index contributed by atoms with van der Waals surface area (Å²) in [4.78, 5) is 10.6. The summed E-state index contributed by atoms with van der Waals surface area (Å²) in [5, 5.41) is 13.2. The van der Waals surface area contributed by atoms with Crippen LogP contribution in [0, 0.1) is 13.0 Å². The zero-order valence-electron chi connectivity index (χ0n) is 14.4. The Morgan fingerprint density at radius 2 is 1.70 bits per heavy atom. The molecule has 0 fully saturated rings. The predicted octanol–water partition coefficient (Wildman–Crippen LogP) is -4.84. The van der Waals surface area contributed by atoms with Crippen LogP contribution in [0.2, 0.25) is 0 Å². The van der Waals surface area contributed by atoms with Crippen molar-refractivity contribution in [3.63, 3.8) is 0 Å². The first-order valence-electron chi connectivity index (χ1n) is 6.11. The van der Waals surface area contributed by atoms with Crippen molar-refractivity contribution in [2.24, 2.45) is 0 Å². The Morgan fingerprint density at radius 3 is 2.11 bits per heavy atom. The topological polar surface area (TPSA) is 158 Å². The number of phenols is 1. The number of fused-ring (bicyclic) bond motifs is 1. The molecule has 0 unspecified atom stereocenters. The Hall–Kier alpha value is -0.500. The molecule has 2 N–H and O–H groups in total. The molecule has 1 amide bonds. The molecular weight excluding hydrogens is 420 g/mol. The Balaban J connectivity index is -0.000000751. The molecular formula is C14H15NNa2O8S2. The average Bonchev–Trinajstić information content (AvgIpc) is 2.40. The quantitative estimate of drug-likeness (QED) is 0.270. The van der Waals surface area contributed by atoms with E-state index in [0.29, 0.717) is 11.1 Å². The number of hydrogen-bond acceptors (Lipinski definition) is 8. The number of rotatable bonds is 2. The van der Waals surface area contributed by atoms with Gasteiger partial charge in [-0.3, -0.25) is 4.79 Å². The number of phenolic OH excluding ortho intramolecular Hbond substituents is 1. The fourth-order valence-corrected chi connectivity index (χ4v) is 2.74.